The fourth-order valence-electron chi connectivity index (χ4n) is 4.73. The molecule has 0 saturated carbocycles. The van der Waals surface area contributed by atoms with Crippen molar-refractivity contribution in [3.63, 3.8) is 0 Å². The van der Waals surface area contributed by atoms with E-state index in [0.717, 1.165) is 43.0 Å². The van der Waals surface area contributed by atoms with Gasteiger partial charge in [0.2, 0.25) is 0 Å². The predicted molar refractivity (Wildman–Crippen MR) is 148 cm³/mol. The second kappa shape index (κ2) is 11.6. The van der Waals surface area contributed by atoms with Gasteiger partial charge in [0.05, 0.1) is 36.3 Å². The van der Waals surface area contributed by atoms with Crippen molar-refractivity contribution in [2.45, 2.75) is 19.7 Å². The molecule has 0 unspecified atom stereocenters. The van der Waals surface area contributed by atoms with E-state index in [1.54, 1.807) is 30.7 Å². The Morgan fingerprint density at radius 2 is 1.87 bits per heavy atom. The summed E-state index contributed by atoms with van der Waals surface area (Å²) in [5.41, 5.74) is 2.04. The van der Waals surface area contributed by atoms with E-state index in [2.05, 4.69) is 33.0 Å². The maximum Gasteiger partial charge on any atom is 0.294 e. The highest BCUT2D eigenvalue weighted by Gasteiger charge is 2.20. The van der Waals surface area contributed by atoms with E-state index in [4.69, 9.17) is 4.74 Å². The van der Waals surface area contributed by atoms with Gasteiger partial charge in [-0.1, -0.05) is 36.6 Å². The van der Waals surface area contributed by atoms with Gasteiger partial charge < -0.3 is 14.1 Å². The van der Waals surface area contributed by atoms with Gasteiger partial charge in [-0.25, -0.2) is 14.4 Å². The van der Waals surface area contributed by atoms with Crippen LogP contribution in [0.5, 0.6) is 5.75 Å². The SMILES string of the molecule is CB(c1cccc(-c2ncc(OCC3CCN(C)CC3)cn2)c1)n1cc(-c2cc(C#N)ccn2)cc(F)c1=O. The van der Waals surface area contributed by atoms with Gasteiger partial charge in [0.25, 0.3) is 12.4 Å². The summed E-state index contributed by atoms with van der Waals surface area (Å²) in [6.45, 7) is 4.18. The molecule has 1 aliphatic rings. The van der Waals surface area contributed by atoms with Crippen molar-refractivity contribution in [3.05, 3.63) is 89.0 Å². The van der Waals surface area contributed by atoms with Crippen molar-refractivity contribution in [3.8, 4) is 34.5 Å². The van der Waals surface area contributed by atoms with Crippen molar-refractivity contribution in [2.75, 3.05) is 26.7 Å². The van der Waals surface area contributed by atoms with Crippen LogP contribution >= 0.6 is 0 Å². The van der Waals surface area contributed by atoms with E-state index < -0.39 is 18.2 Å². The third kappa shape index (κ3) is 6.05. The highest BCUT2D eigenvalue weighted by atomic mass is 19.1. The summed E-state index contributed by atoms with van der Waals surface area (Å²) >= 11 is 0. The lowest BCUT2D eigenvalue weighted by molar-refractivity contribution is 0.159. The Kier molecular flexibility index (Phi) is 7.80. The molecule has 39 heavy (non-hydrogen) atoms. The standard InChI is InChI=1S/C29H28BFN6O2/c1-30(37-18-23(14-26(31)29(37)38)27-12-21(15-32)6-9-33-27)24-5-3-4-22(13-24)28-34-16-25(17-35-28)39-19-20-7-10-36(2)11-8-20/h3-6,9,12-14,16-18,20H,7-8,10-11,19H2,1-2H3. The van der Waals surface area contributed by atoms with E-state index in [1.807, 2.05) is 31.1 Å². The summed E-state index contributed by atoms with van der Waals surface area (Å²) in [7, 11) is 2.14. The molecule has 4 heterocycles. The Hall–Kier alpha value is -4.36. The van der Waals surface area contributed by atoms with E-state index in [9.17, 15) is 14.4 Å². The molecule has 1 aliphatic heterocycles. The van der Waals surface area contributed by atoms with Gasteiger partial charge in [0.15, 0.2) is 17.4 Å². The summed E-state index contributed by atoms with van der Waals surface area (Å²) < 4.78 is 22.0. The lowest BCUT2D eigenvalue weighted by atomic mass is 9.57. The van der Waals surface area contributed by atoms with E-state index in [-0.39, 0.29) is 0 Å². The average molecular weight is 522 g/mol. The second-order valence-electron chi connectivity index (χ2n) is 9.93. The Balaban J connectivity index is 1.35. The first-order chi connectivity index (χ1) is 18.9. The molecule has 3 aromatic heterocycles. The smallest absolute Gasteiger partial charge is 0.294 e. The molecule has 0 bridgehead atoms. The molecule has 5 rings (SSSR count). The van der Waals surface area contributed by atoms with Gasteiger partial charge in [0, 0.05) is 23.5 Å². The minimum Gasteiger partial charge on any atom is -0.490 e. The largest absolute Gasteiger partial charge is 0.490 e. The molecular weight excluding hydrogens is 494 g/mol. The van der Waals surface area contributed by atoms with Crippen LogP contribution in [-0.2, 0) is 0 Å². The fraction of sp³-hybridized carbons (Fsp3) is 0.276. The third-order valence-corrected chi connectivity index (χ3v) is 7.18. The molecule has 4 aromatic rings. The molecule has 0 amide bonds. The van der Waals surface area contributed by atoms with Crippen molar-refractivity contribution in [1.82, 2.24) is 24.3 Å². The van der Waals surface area contributed by atoms with Gasteiger partial charge in [-0.15, -0.1) is 0 Å². The molecule has 0 spiro atoms. The van der Waals surface area contributed by atoms with Gasteiger partial charge in [-0.05, 0) is 57.1 Å². The molecule has 10 heteroatoms. The quantitative estimate of drug-likeness (QED) is 0.343. The van der Waals surface area contributed by atoms with Crippen LogP contribution in [0.25, 0.3) is 22.6 Å². The number of nitrogens with zero attached hydrogens (tertiary/aromatic N) is 6. The van der Waals surface area contributed by atoms with E-state index in [0.29, 0.717) is 40.9 Å². The van der Waals surface area contributed by atoms with Crippen LogP contribution in [0.15, 0.2) is 72.0 Å². The molecule has 0 N–H and O–H groups in total. The van der Waals surface area contributed by atoms with Crippen LogP contribution in [0.3, 0.4) is 0 Å². The normalized spacial score (nSPS) is 14.1. The molecule has 196 valence electrons. The van der Waals surface area contributed by atoms with Crippen LogP contribution in [0.2, 0.25) is 6.82 Å². The van der Waals surface area contributed by atoms with Gasteiger partial charge >= 0.3 is 0 Å². The molecule has 0 atom stereocenters. The highest BCUT2D eigenvalue weighted by molar-refractivity contribution is 6.70. The minimum absolute atomic E-state index is 0.400. The topological polar surface area (TPSA) is 96.9 Å². The number of aromatic nitrogens is 4. The van der Waals surface area contributed by atoms with Crippen LogP contribution < -0.4 is 15.8 Å². The number of hydrogen-bond acceptors (Lipinski definition) is 7. The Labute approximate surface area is 226 Å². The van der Waals surface area contributed by atoms with Gasteiger partial charge in [0.1, 0.15) is 0 Å². The fourth-order valence-corrected chi connectivity index (χ4v) is 4.73. The van der Waals surface area contributed by atoms with Crippen molar-refractivity contribution in [1.29, 1.82) is 5.26 Å². The third-order valence-electron chi connectivity index (χ3n) is 7.18. The first-order valence-corrected chi connectivity index (χ1v) is 12.9. The van der Waals surface area contributed by atoms with Crippen LogP contribution in [0.1, 0.15) is 18.4 Å². The number of benzene rings is 1. The summed E-state index contributed by atoms with van der Waals surface area (Å²) in [5, 5.41) is 9.20. The van der Waals surface area contributed by atoms with Crippen molar-refractivity contribution >= 4 is 12.3 Å². The maximum atomic E-state index is 14.7. The number of hydrogen-bond donors (Lipinski definition) is 0. The Morgan fingerprint density at radius 1 is 1.10 bits per heavy atom. The summed E-state index contributed by atoms with van der Waals surface area (Å²) in [6.07, 6.45) is 8.66. The van der Waals surface area contributed by atoms with Gasteiger partial charge in [-0.2, -0.15) is 5.26 Å². The van der Waals surface area contributed by atoms with Crippen LogP contribution in [0.4, 0.5) is 4.39 Å². The van der Waals surface area contributed by atoms with E-state index >= 15 is 0 Å². The van der Waals surface area contributed by atoms with E-state index in [1.165, 1.54) is 10.7 Å². The molecule has 8 nitrogen and oxygen atoms in total. The lowest BCUT2D eigenvalue weighted by Crippen LogP contribution is -2.42. The number of rotatable bonds is 7. The number of halogens is 1. The number of likely N-dealkylation sites (tertiary alicyclic amines) is 1. The van der Waals surface area contributed by atoms with Gasteiger partial charge in [-0.3, -0.25) is 9.78 Å². The summed E-state index contributed by atoms with van der Waals surface area (Å²) in [5.74, 6) is 0.811. The second-order valence-corrected chi connectivity index (χ2v) is 9.93. The average Bonchev–Trinajstić information content (AvgIpc) is 2.98. The summed E-state index contributed by atoms with van der Waals surface area (Å²) in [4.78, 5) is 28.3. The zero-order chi connectivity index (χ0) is 27.4. The minimum atomic E-state index is -0.890. The monoisotopic (exact) mass is 522 g/mol. The number of piperidine rings is 1. The van der Waals surface area contributed by atoms with Crippen molar-refractivity contribution < 1.29 is 9.13 Å². The first kappa shape index (κ1) is 26.3. The molecule has 1 saturated heterocycles. The number of ether oxygens (including phenoxy) is 1. The summed E-state index contributed by atoms with van der Waals surface area (Å²) in [6, 6.07) is 13.8. The number of nitriles is 1. The van der Waals surface area contributed by atoms with Crippen LogP contribution in [0, 0.1) is 23.1 Å². The molecular formula is C29H28BFN6O2. The molecule has 0 radical (unpaired) electrons. The zero-order valence-corrected chi connectivity index (χ0v) is 21.9. The Bertz CT molecular complexity index is 1560. The lowest BCUT2D eigenvalue weighted by Gasteiger charge is -2.28. The number of pyridine rings is 2. The van der Waals surface area contributed by atoms with Crippen molar-refractivity contribution in [2.24, 2.45) is 5.92 Å². The Morgan fingerprint density at radius 3 is 2.62 bits per heavy atom. The molecule has 1 aromatic carbocycles. The zero-order valence-electron chi connectivity index (χ0n) is 21.9. The first-order valence-electron chi connectivity index (χ1n) is 12.9. The molecule has 0 aliphatic carbocycles. The predicted octanol–water partition coefficient (Wildman–Crippen LogP) is 3.48. The highest BCUT2D eigenvalue weighted by Crippen LogP contribution is 2.21. The molecule has 1 fully saturated rings. The maximum absolute atomic E-state index is 14.7. The van der Waals surface area contributed by atoms with Crippen LogP contribution in [-0.4, -0.2) is 57.9 Å².